The van der Waals surface area contributed by atoms with E-state index in [1.54, 1.807) is 0 Å². The Labute approximate surface area is 99.0 Å². The zero-order valence-corrected chi connectivity index (χ0v) is 9.71. The van der Waals surface area contributed by atoms with Crippen molar-refractivity contribution in [1.29, 1.82) is 5.26 Å². The predicted octanol–water partition coefficient (Wildman–Crippen LogP) is 2.23. The fourth-order valence-electron chi connectivity index (χ4n) is 1.27. The molecule has 5 heteroatoms. The maximum absolute atomic E-state index is 12.9. The second-order valence-electron chi connectivity index (χ2n) is 3.89. The van der Waals surface area contributed by atoms with Crippen molar-refractivity contribution in [1.82, 2.24) is 5.32 Å². The van der Waals surface area contributed by atoms with Crippen LogP contribution in [0.15, 0.2) is 18.2 Å². The molecule has 0 heterocycles. The highest BCUT2D eigenvalue weighted by atomic mass is 19.2. The Bertz CT molecular complexity index is 415. The van der Waals surface area contributed by atoms with E-state index in [-0.39, 0.29) is 18.4 Å². The Morgan fingerprint density at radius 2 is 2.06 bits per heavy atom. The van der Waals surface area contributed by atoms with E-state index in [1.165, 1.54) is 6.07 Å². The van der Waals surface area contributed by atoms with Gasteiger partial charge in [-0.05, 0) is 26.0 Å². The third kappa shape index (κ3) is 4.37. The molecule has 1 aromatic rings. The van der Waals surface area contributed by atoms with Gasteiger partial charge in [-0.1, -0.05) is 0 Å². The third-order valence-corrected chi connectivity index (χ3v) is 2.00. The van der Waals surface area contributed by atoms with Crippen molar-refractivity contribution in [3.05, 3.63) is 29.8 Å². The van der Waals surface area contributed by atoms with Crippen LogP contribution in [0.4, 0.5) is 8.78 Å². The predicted molar refractivity (Wildman–Crippen MR) is 59.5 cm³/mol. The number of hydrogen-bond donors (Lipinski definition) is 1. The summed E-state index contributed by atoms with van der Waals surface area (Å²) < 4.78 is 30.7. The summed E-state index contributed by atoms with van der Waals surface area (Å²) >= 11 is 0. The van der Waals surface area contributed by atoms with Crippen molar-refractivity contribution in [2.75, 3.05) is 6.61 Å². The van der Waals surface area contributed by atoms with Gasteiger partial charge in [-0.25, -0.2) is 8.78 Å². The largest absolute Gasteiger partial charge is 0.491 e. The highest BCUT2D eigenvalue weighted by Gasteiger charge is 2.10. The molecule has 0 aliphatic heterocycles. The molecule has 17 heavy (non-hydrogen) atoms. The molecule has 0 fully saturated rings. The molecule has 0 aliphatic rings. The first-order chi connectivity index (χ1) is 8.02. The highest BCUT2D eigenvalue weighted by molar-refractivity contribution is 5.23. The van der Waals surface area contributed by atoms with Crippen LogP contribution in [-0.2, 0) is 0 Å². The summed E-state index contributed by atoms with van der Waals surface area (Å²) in [7, 11) is 0. The van der Waals surface area contributed by atoms with Gasteiger partial charge in [0, 0.05) is 12.1 Å². The summed E-state index contributed by atoms with van der Waals surface area (Å²) in [5.41, 5.74) is 0. The van der Waals surface area contributed by atoms with Crippen molar-refractivity contribution in [3.63, 3.8) is 0 Å². The monoisotopic (exact) mass is 240 g/mol. The van der Waals surface area contributed by atoms with Crippen molar-refractivity contribution in [3.8, 4) is 11.8 Å². The van der Waals surface area contributed by atoms with Gasteiger partial charge >= 0.3 is 0 Å². The van der Waals surface area contributed by atoms with Crippen LogP contribution >= 0.6 is 0 Å². The first-order valence-corrected chi connectivity index (χ1v) is 5.26. The minimum atomic E-state index is -0.965. The summed E-state index contributed by atoms with van der Waals surface area (Å²) in [5.74, 6) is -1.68. The Hall–Kier alpha value is -1.67. The van der Waals surface area contributed by atoms with Crippen LogP contribution in [0.1, 0.15) is 13.8 Å². The van der Waals surface area contributed by atoms with Crippen LogP contribution in [0.2, 0.25) is 0 Å². The lowest BCUT2D eigenvalue weighted by molar-refractivity contribution is 0.280. The quantitative estimate of drug-likeness (QED) is 0.858. The van der Waals surface area contributed by atoms with E-state index in [0.29, 0.717) is 0 Å². The number of ether oxygens (including phenoxy) is 1. The summed E-state index contributed by atoms with van der Waals surface area (Å²) in [6.45, 7) is 3.89. The number of halogens is 2. The van der Waals surface area contributed by atoms with Gasteiger partial charge in [-0.3, -0.25) is 5.32 Å². The molecule has 0 saturated heterocycles. The molecule has 92 valence electrons. The molecular weight excluding hydrogens is 226 g/mol. The lowest BCUT2D eigenvalue weighted by atomic mass is 10.3. The first kappa shape index (κ1) is 13.4. The van der Waals surface area contributed by atoms with Crippen molar-refractivity contribution in [2.24, 2.45) is 0 Å². The number of nitriles is 1. The Morgan fingerprint density at radius 1 is 1.35 bits per heavy atom. The third-order valence-electron chi connectivity index (χ3n) is 2.00. The average Bonchev–Trinajstić information content (AvgIpc) is 2.28. The molecule has 0 spiro atoms. The van der Waals surface area contributed by atoms with E-state index in [2.05, 4.69) is 5.32 Å². The summed E-state index contributed by atoms with van der Waals surface area (Å²) in [6.07, 6.45) is 0. The molecule has 3 nitrogen and oxygen atoms in total. The fraction of sp³-hybridized carbons (Fsp3) is 0.417. The molecule has 1 aromatic carbocycles. The smallest absolute Gasteiger partial charge is 0.162 e. The van der Waals surface area contributed by atoms with E-state index >= 15 is 0 Å². The molecule has 0 amide bonds. The topological polar surface area (TPSA) is 45.0 Å². The normalized spacial score (nSPS) is 12.2. The average molecular weight is 240 g/mol. The van der Waals surface area contributed by atoms with Crippen molar-refractivity contribution < 1.29 is 13.5 Å². The van der Waals surface area contributed by atoms with Gasteiger partial charge in [0.1, 0.15) is 18.4 Å². The highest BCUT2D eigenvalue weighted by Crippen LogP contribution is 2.15. The molecule has 0 saturated carbocycles. The summed E-state index contributed by atoms with van der Waals surface area (Å²) in [4.78, 5) is 0. The first-order valence-electron chi connectivity index (χ1n) is 5.26. The number of rotatable bonds is 5. The Kier molecular flexibility index (Phi) is 4.85. The maximum Gasteiger partial charge on any atom is 0.162 e. The molecule has 0 bridgehead atoms. The van der Waals surface area contributed by atoms with Crippen LogP contribution < -0.4 is 10.1 Å². The molecular formula is C12H14F2N2O. The second-order valence-corrected chi connectivity index (χ2v) is 3.89. The van der Waals surface area contributed by atoms with Crippen LogP contribution in [0.5, 0.6) is 5.75 Å². The zero-order chi connectivity index (χ0) is 12.8. The standard InChI is InChI=1S/C12H14F2N2O/c1-8(2)16-9(6-15)7-17-10-3-4-11(13)12(14)5-10/h3-5,8-9,16H,7H2,1-2H3. The van der Waals surface area contributed by atoms with Gasteiger partial charge < -0.3 is 4.74 Å². The second kappa shape index (κ2) is 6.16. The van der Waals surface area contributed by atoms with E-state index in [0.717, 1.165) is 12.1 Å². The van der Waals surface area contributed by atoms with Crippen molar-refractivity contribution in [2.45, 2.75) is 25.9 Å². The molecule has 0 aliphatic carbocycles. The molecule has 1 rings (SSSR count). The molecule has 0 aromatic heterocycles. The molecule has 1 N–H and O–H groups in total. The number of nitrogens with zero attached hydrogens (tertiary/aromatic N) is 1. The number of benzene rings is 1. The van der Waals surface area contributed by atoms with Gasteiger partial charge in [0.25, 0.3) is 0 Å². The van der Waals surface area contributed by atoms with Gasteiger partial charge in [0.05, 0.1) is 6.07 Å². The fourth-order valence-corrected chi connectivity index (χ4v) is 1.27. The van der Waals surface area contributed by atoms with E-state index < -0.39 is 17.7 Å². The number of nitrogens with one attached hydrogen (secondary N) is 1. The van der Waals surface area contributed by atoms with Crippen LogP contribution in [0.3, 0.4) is 0 Å². The van der Waals surface area contributed by atoms with Crippen LogP contribution in [-0.4, -0.2) is 18.7 Å². The molecule has 1 atom stereocenters. The van der Waals surface area contributed by atoms with Crippen LogP contribution in [0, 0.1) is 23.0 Å². The molecule has 0 radical (unpaired) electrons. The SMILES string of the molecule is CC(C)NC(C#N)COc1ccc(F)c(F)c1. The van der Waals surface area contributed by atoms with E-state index in [1.807, 2.05) is 19.9 Å². The summed E-state index contributed by atoms with van der Waals surface area (Å²) in [6, 6.07) is 4.96. The summed E-state index contributed by atoms with van der Waals surface area (Å²) in [5, 5.41) is 11.8. The van der Waals surface area contributed by atoms with Gasteiger partial charge in [-0.15, -0.1) is 0 Å². The van der Waals surface area contributed by atoms with E-state index in [9.17, 15) is 8.78 Å². The Balaban J connectivity index is 2.54. The minimum absolute atomic E-state index is 0.0831. The Morgan fingerprint density at radius 3 is 2.59 bits per heavy atom. The number of hydrogen-bond acceptors (Lipinski definition) is 3. The lowest BCUT2D eigenvalue weighted by Crippen LogP contribution is -2.37. The maximum atomic E-state index is 12.9. The van der Waals surface area contributed by atoms with Gasteiger partial charge in [0.2, 0.25) is 0 Å². The molecule has 1 unspecified atom stereocenters. The minimum Gasteiger partial charge on any atom is -0.491 e. The zero-order valence-electron chi connectivity index (χ0n) is 9.71. The van der Waals surface area contributed by atoms with Gasteiger partial charge in [-0.2, -0.15) is 5.26 Å². The van der Waals surface area contributed by atoms with Gasteiger partial charge in [0.15, 0.2) is 11.6 Å². The lowest BCUT2D eigenvalue weighted by Gasteiger charge is -2.15. The van der Waals surface area contributed by atoms with Crippen molar-refractivity contribution >= 4 is 0 Å². The van der Waals surface area contributed by atoms with E-state index in [4.69, 9.17) is 10.00 Å². The van der Waals surface area contributed by atoms with Crippen LogP contribution in [0.25, 0.3) is 0 Å².